The molecule has 228 valence electrons. The van der Waals surface area contributed by atoms with Gasteiger partial charge in [-0.05, 0) is 76.9 Å². The van der Waals surface area contributed by atoms with Crippen LogP contribution < -0.4 is 10.5 Å². The summed E-state index contributed by atoms with van der Waals surface area (Å²) in [4.78, 5) is 16.9. The maximum Gasteiger partial charge on any atom is 0.417 e. The number of hydrogen-bond donors (Lipinski definition) is 0. The van der Waals surface area contributed by atoms with Crippen LogP contribution in [0.3, 0.4) is 0 Å². The molecule has 6 heteroatoms. The highest BCUT2D eigenvalue weighted by molar-refractivity contribution is 6.10. The van der Waals surface area contributed by atoms with Crippen molar-refractivity contribution in [1.82, 2.24) is 4.57 Å². The van der Waals surface area contributed by atoms with Gasteiger partial charge < -0.3 is 4.90 Å². The lowest BCUT2D eigenvalue weighted by atomic mass is 9.60. The zero-order chi connectivity index (χ0) is 32.2. The van der Waals surface area contributed by atoms with Gasteiger partial charge in [-0.2, -0.15) is 13.2 Å². The van der Waals surface area contributed by atoms with Crippen molar-refractivity contribution in [3.63, 3.8) is 0 Å². The standard InChI is InChI=1S/C41H27F3N2O/c1-24-12-3-6-21-33(24)45-34-22-7-4-16-28(34)40(31-19-9-13-25(2)37(31)45)29-17-5-8-23-35(29)46-38-27(15-11-20-32(38)40)26-14-10-18-30(41(42,43)44)36(26)39(46)47/h3-23H,1-2H3. The van der Waals surface area contributed by atoms with Gasteiger partial charge in [-0.1, -0.05) is 103 Å². The van der Waals surface area contributed by atoms with E-state index in [1.165, 1.54) is 10.6 Å². The number of aromatic nitrogens is 1. The number of anilines is 3. The molecule has 1 atom stereocenters. The first-order valence-corrected chi connectivity index (χ1v) is 15.6. The van der Waals surface area contributed by atoms with E-state index < -0.39 is 22.7 Å². The summed E-state index contributed by atoms with van der Waals surface area (Å²) in [6.45, 7) is 4.23. The van der Waals surface area contributed by atoms with Crippen LogP contribution in [0.15, 0.2) is 132 Å². The Labute approximate surface area is 268 Å². The molecule has 9 rings (SSSR count). The van der Waals surface area contributed by atoms with Crippen LogP contribution in [-0.4, -0.2) is 4.57 Å². The predicted molar refractivity (Wildman–Crippen MR) is 182 cm³/mol. The number of nitrogens with zero attached hydrogens (tertiary/aromatic N) is 2. The quantitative estimate of drug-likeness (QED) is 0.171. The molecule has 1 spiro atoms. The Morgan fingerprint density at radius 1 is 0.553 bits per heavy atom. The number of fused-ring (bicyclic) bond motifs is 10. The maximum absolute atomic E-state index is 14.5. The van der Waals surface area contributed by atoms with Crippen LogP contribution in [0.5, 0.6) is 0 Å². The Kier molecular flexibility index (Phi) is 5.57. The first-order chi connectivity index (χ1) is 22.7. The second-order valence-electron chi connectivity index (χ2n) is 12.4. The number of alkyl halides is 3. The molecule has 47 heavy (non-hydrogen) atoms. The molecule has 0 saturated heterocycles. The largest absolute Gasteiger partial charge is 0.417 e. The summed E-state index contributed by atoms with van der Waals surface area (Å²) in [6.07, 6.45) is -4.69. The molecule has 0 saturated carbocycles. The summed E-state index contributed by atoms with van der Waals surface area (Å²) in [5.74, 6) is 0. The number of pyridine rings is 1. The van der Waals surface area contributed by atoms with E-state index in [2.05, 4.69) is 61.2 Å². The van der Waals surface area contributed by atoms with Crippen LogP contribution in [0.1, 0.15) is 38.9 Å². The monoisotopic (exact) mass is 620 g/mol. The Bertz CT molecular complexity index is 2530. The highest BCUT2D eigenvalue weighted by Crippen LogP contribution is 2.61. The highest BCUT2D eigenvalue weighted by Gasteiger charge is 2.51. The highest BCUT2D eigenvalue weighted by atomic mass is 19.4. The number of halogens is 3. The van der Waals surface area contributed by atoms with Gasteiger partial charge in [0.15, 0.2) is 0 Å². The third-order valence-corrected chi connectivity index (χ3v) is 10.1. The molecule has 6 aromatic carbocycles. The number of hydrogen-bond acceptors (Lipinski definition) is 2. The minimum absolute atomic E-state index is 0.294. The molecule has 0 N–H and O–H groups in total. The fraction of sp³-hybridized carbons (Fsp3) is 0.0976. The van der Waals surface area contributed by atoms with E-state index in [-0.39, 0.29) is 5.39 Å². The third kappa shape index (κ3) is 3.45. The lowest BCUT2D eigenvalue weighted by Crippen LogP contribution is -2.42. The van der Waals surface area contributed by atoms with Crippen LogP contribution in [0, 0.1) is 13.8 Å². The van der Waals surface area contributed by atoms with Crippen molar-refractivity contribution in [3.8, 4) is 5.69 Å². The van der Waals surface area contributed by atoms with Gasteiger partial charge in [0, 0.05) is 11.1 Å². The summed E-state index contributed by atoms with van der Waals surface area (Å²) in [7, 11) is 0. The minimum Gasteiger partial charge on any atom is -0.309 e. The van der Waals surface area contributed by atoms with E-state index in [0.717, 1.165) is 56.5 Å². The normalized spacial score (nSPS) is 16.3. The molecule has 2 aliphatic heterocycles. The molecule has 1 aromatic heterocycles. The van der Waals surface area contributed by atoms with Crippen LogP contribution in [0.25, 0.3) is 27.4 Å². The zero-order valence-corrected chi connectivity index (χ0v) is 25.6. The van der Waals surface area contributed by atoms with E-state index in [9.17, 15) is 18.0 Å². The van der Waals surface area contributed by atoms with E-state index in [1.54, 1.807) is 6.07 Å². The average Bonchev–Trinajstić information content (AvgIpc) is 3.08. The van der Waals surface area contributed by atoms with Gasteiger partial charge in [-0.3, -0.25) is 9.36 Å². The Morgan fingerprint density at radius 2 is 1.11 bits per heavy atom. The summed E-state index contributed by atoms with van der Waals surface area (Å²) in [5, 5.41) is 0.578. The lowest BCUT2D eigenvalue weighted by molar-refractivity contribution is -0.136. The minimum atomic E-state index is -4.69. The summed E-state index contributed by atoms with van der Waals surface area (Å²) >= 11 is 0. The molecule has 2 aliphatic rings. The second-order valence-corrected chi connectivity index (χ2v) is 12.4. The van der Waals surface area contributed by atoms with Crippen molar-refractivity contribution in [2.45, 2.75) is 25.4 Å². The van der Waals surface area contributed by atoms with E-state index >= 15 is 0 Å². The molecular weight excluding hydrogens is 593 g/mol. The van der Waals surface area contributed by atoms with Gasteiger partial charge in [-0.25, -0.2) is 0 Å². The third-order valence-electron chi connectivity index (χ3n) is 10.1. The van der Waals surface area contributed by atoms with Crippen LogP contribution >= 0.6 is 0 Å². The number of aryl methyl sites for hydroxylation is 2. The number of benzene rings is 6. The van der Waals surface area contributed by atoms with Crippen LogP contribution in [0.4, 0.5) is 30.2 Å². The van der Waals surface area contributed by atoms with Gasteiger partial charge in [0.05, 0.1) is 38.9 Å². The Hall–Kier alpha value is -5.62. The molecule has 7 aromatic rings. The van der Waals surface area contributed by atoms with Crippen LogP contribution in [-0.2, 0) is 11.6 Å². The summed E-state index contributed by atoms with van der Waals surface area (Å²) in [5.41, 5.74) is 7.82. The smallest absolute Gasteiger partial charge is 0.309 e. The SMILES string of the molecule is Cc1ccccc1N1c2ccccc2C2(c3ccccc3-n3c(=O)c4c(C(F)(F)F)cccc4c4cccc2c43)c2cccc(C)c21. The molecule has 3 heterocycles. The Balaban J connectivity index is 1.53. The fourth-order valence-electron chi connectivity index (χ4n) is 8.28. The van der Waals surface area contributed by atoms with E-state index in [1.807, 2.05) is 66.7 Å². The summed E-state index contributed by atoms with van der Waals surface area (Å²) < 4.78 is 44.8. The van der Waals surface area contributed by atoms with Gasteiger partial charge in [0.1, 0.15) is 0 Å². The second kappa shape index (κ2) is 9.46. The predicted octanol–water partition coefficient (Wildman–Crippen LogP) is 10.3. The fourth-order valence-corrected chi connectivity index (χ4v) is 8.28. The topological polar surface area (TPSA) is 25.2 Å². The van der Waals surface area contributed by atoms with Crippen molar-refractivity contribution in [2.75, 3.05) is 4.90 Å². The first-order valence-electron chi connectivity index (χ1n) is 15.6. The molecule has 3 nitrogen and oxygen atoms in total. The molecular formula is C41H27F3N2O. The molecule has 0 bridgehead atoms. The molecule has 0 amide bonds. The van der Waals surface area contributed by atoms with Crippen molar-refractivity contribution < 1.29 is 13.2 Å². The molecule has 1 unspecified atom stereocenters. The number of rotatable bonds is 1. The van der Waals surface area contributed by atoms with Crippen molar-refractivity contribution in [1.29, 1.82) is 0 Å². The first kappa shape index (κ1) is 27.7. The lowest BCUT2D eigenvalue weighted by Gasteiger charge is -2.49. The average molecular weight is 621 g/mol. The Morgan fingerprint density at radius 3 is 1.85 bits per heavy atom. The van der Waals surface area contributed by atoms with Crippen molar-refractivity contribution >= 4 is 38.7 Å². The van der Waals surface area contributed by atoms with E-state index in [4.69, 9.17) is 0 Å². The van der Waals surface area contributed by atoms with Crippen LogP contribution in [0.2, 0.25) is 0 Å². The molecule has 0 aliphatic carbocycles. The van der Waals surface area contributed by atoms with Crippen molar-refractivity contribution in [3.05, 3.63) is 177 Å². The van der Waals surface area contributed by atoms with Gasteiger partial charge in [0.2, 0.25) is 0 Å². The summed E-state index contributed by atoms with van der Waals surface area (Å²) in [6, 6.07) is 40.6. The van der Waals surface area contributed by atoms with Gasteiger partial charge in [-0.15, -0.1) is 0 Å². The maximum atomic E-state index is 14.5. The molecule has 0 radical (unpaired) electrons. The van der Waals surface area contributed by atoms with Gasteiger partial charge in [0.25, 0.3) is 5.56 Å². The molecule has 0 fully saturated rings. The number of para-hydroxylation sites is 5. The zero-order valence-electron chi connectivity index (χ0n) is 25.6. The van der Waals surface area contributed by atoms with Crippen molar-refractivity contribution in [2.24, 2.45) is 0 Å². The van der Waals surface area contributed by atoms with E-state index in [0.29, 0.717) is 22.0 Å². The van der Waals surface area contributed by atoms with Gasteiger partial charge >= 0.3 is 6.18 Å².